The van der Waals surface area contributed by atoms with Gasteiger partial charge in [0.1, 0.15) is 11.1 Å². The number of hydrogen-bond donors (Lipinski definition) is 1. The van der Waals surface area contributed by atoms with Crippen LogP contribution < -0.4 is 0 Å². The third kappa shape index (κ3) is 2.34. The summed E-state index contributed by atoms with van der Waals surface area (Å²) in [7, 11) is -3.11. The summed E-state index contributed by atoms with van der Waals surface area (Å²) < 4.78 is 22.9. The second kappa shape index (κ2) is 4.14. The van der Waals surface area contributed by atoms with E-state index in [-0.39, 0.29) is 0 Å². The second-order valence-electron chi connectivity index (χ2n) is 4.30. The minimum absolute atomic E-state index is 0.510. The van der Waals surface area contributed by atoms with Crippen LogP contribution in [0.15, 0.2) is 18.2 Å². The van der Waals surface area contributed by atoms with E-state index in [1.165, 1.54) is 11.8 Å². The summed E-state index contributed by atoms with van der Waals surface area (Å²) in [6.07, 6.45) is 2.17. The zero-order chi connectivity index (χ0) is 12.6. The van der Waals surface area contributed by atoms with E-state index in [1.54, 1.807) is 6.92 Å². The number of imidazole rings is 1. The topological polar surface area (TPSA) is 62.8 Å². The highest BCUT2D eigenvalue weighted by Crippen LogP contribution is 2.22. The number of hydrogen-bond acceptors (Lipinski definition) is 3. The highest BCUT2D eigenvalue weighted by Gasteiger charge is 2.20. The van der Waals surface area contributed by atoms with Gasteiger partial charge in [0.15, 0.2) is 9.84 Å². The van der Waals surface area contributed by atoms with Crippen LogP contribution in [0.25, 0.3) is 11.0 Å². The Bertz CT molecular complexity index is 644. The summed E-state index contributed by atoms with van der Waals surface area (Å²) >= 11 is 0. The molecule has 4 nitrogen and oxygen atoms in total. The van der Waals surface area contributed by atoms with Gasteiger partial charge in [-0.3, -0.25) is 0 Å². The van der Waals surface area contributed by atoms with Crippen molar-refractivity contribution in [1.29, 1.82) is 0 Å². The molecule has 0 spiro atoms. The largest absolute Gasteiger partial charge is 0.341 e. The van der Waals surface area contributed by atoms with Gasteiger partial charge < -0.3 is 4.98 Å². The first-order chi connectivity index (χ1) is 7.91. The van der Waals surface area contributed by atoms with Crippen molar-refractivity contribution < 1.29 is 8.42 Å². The van der Waals surface area contributed by atoms with Crippen LogP contribution >= 0.6 is 0 Å². The molecule has 1 N–H and O–H groups in total. The number of aryl methyl sites for hydroxylation is 1. The van der Waals surface area contributed by atoms with Crippen molar-refractivity contribution in [2.24, 2.45) is 0 Å². The molecule has 0 amide bonds. The number of aromatic nitrogens is 2. The minimum atomic E-state index is -3.11. The predicted molar refractivity (Wildman–Crippen MR) is 68.7 cm³/mol. The van der Waals surface area contributed by atoms with Crippen LogP contribution in [0.1, 0.15) is 30.5 Å². The zero-order valence-electron chi connectivity index (χ0n) is 10.2. The summed E-state index contributed by atoms with van der Waals surface area (Å²) in [5.74, 6) is 0.510. The molecule has 1 aromatic heterocycles. The molecule has 1 heterocycles. The van der Waals surface area contributed by atoms with Gasteiger partial charge in [0.25, 0.3) is 0 Å². The number of benzene rings is 1. The molecule has 1 atom stereocenters. The fourth-order valence-electron chi connectivity index (χ4n) is 1.69. The lowest BCUT2D eigenvalue weighted by Gasteiger charge is -2.04. The summed E-state index contributed by atoms with van der Waals surface area (Å²) in [5, 5.41) is -0.597. The standard InChI is InChI=1S/C12H16N2O2S/c1-4-9-5-6-10-11(7-9)14-12(13-10)8(2)17(3,15)16/h5-8H,4H2,1-3H3,(H,13,14). The molecule has 1 aromatic carbocycles. The van der Waals surface area contributed by atoms with Crippen molar-refractivity contribution in [2.75, 3.05) is 6.26 Å². The predicted octanol–water partition coefficient (Wildman–Crippen LogP) is 2.23. The molecule has 0 aliphatic heterocycles. The quantitative estimate of drug-likeness (QED) is 0.911. The number of rotatable bonds is 3. The maximum Gasteiger partial charge on any atom is 0.157 e. The molecule has 5 heteroatoms. The molecule has 1 unspecified atom stereocenters. The van der Waals surface area contributed by atoms with Crippen LogP contribution in [0.5, 0.6) is 0 Å². The van der Waals surface area contributed by atoms with Crippen LogP contribution in [0.3, 0.4) is 0 Å². The van der Waals surface area contributed by atoms with E-state index in [9.17, 15) is 8.42 Å². The van der Waals surface area contributed by atoms with E-state index in [0.717, 1.165) is 17.5 Å². The van der Waals surface area contributed by atoms with Crippen molar-refractivity contribution in [2.45, 2.75) is 25.5 Å². The number of H-pyrrole nitrogens is 1. The highest BCUT2D eigenvalue weighted by atomic mass is 32.2. The Morgan fingerprint density at radius 3 is 2.71 bits per heavy atom. The van der Waals surface area contributed by atoms with Crippen molar-refractivity contribution in [3.05, 3.63) is 29.6 Å². The average molecular weight is 252 g/mol. The summed E-state index contributed by atoms with van der Waals surface area (Å²) in [5.41, 5.74) is 2.92. The SMILES string of the molecule is CCc1ccc2nc(C(C)S(C)(=O)=O)[nH]c2c1. The maximum absolute atomic E-state index is 11.5. The van der Waals surface area contributed by atoms with E-state index in [4.69, 9.17) is 0 Å². The molecule has 0 saturated heterocycles. The lowest BCUT2D eigenvalue weighted by atomic mass is 10.1. The molecule has 0 bridgehead atoms. The number of nitrogens with one attached hydrogen (secondary N) is 1. The molecule has 0 aliphatic carbocycles. The third-order valence-corrected chi connectivity index (χ3v) is 4.51. The minimum Gasteiger partial charge on any atom is -0.341 e. The van der Waals surface area contributed by atoms with Crippen molar-refractivity contribution in [3.8, 4) is 0 Å². The Balaban J connectivity index is 2.51. The first-order valence-electron chi connectivity index (χ1n) is 5.59. The molecule has 0 aliphatic rings. The van der Waals surface area contributed by atoms with Gasteiger partial charge in [0, 0.05) is 6.26 Å². The van der Waals surface area contributed by atoms with Crippen LogP contribution in [0.2, 0.25) is 0 Å². The first kappa shape index (κ1) is 12.1. The zero-order valence-corrected chi connectivity index (χ0v) is 11.0. The van der Waals surface area contributed by atoms with E-state index < -0.39 is 15.1 Å². The maximum atomic E-state index is 11.5. The van der Waals surface area contributed by atoms with Gasteiger partial charge in [0.2, 0.25) is 0 Å². The van der Waals surface area contributed by atoms with E-state index in [1.807, 2.05) is 18.2 Å². The van der Waals surface area contributed by atoms with Gasteiger partial charge in [-0.25, -0.2) is 13.4 Å². The van der Waals surface area contributed by atoms with E-state index >= 15 is 0 Å². The van der Waals surface area contributed by atoms with Gasteiger partial charge >= 0.3 is 0 Å². The summed E-state index contributed by atoms with van der Waals surface area (Å²) in [6, 6.07) is 5.95. The molecule has 2 aromatic rings. The fraction of sp³-hybridized carbons (Fsp3) is 0.417. The Labute approximate surface area is 101 Å². The lowest BCUT2D eigenvalue weighted by Crippen LogP contribution is -2.09. The molecule has 17 heavy (non-hydrogen) atoms. The normalized spacial score (nSPS) is 14.1. The summed E-state index contributed by atoms with van der Waals surface area (Å²) in [6.45, 7) is 3.73. The molecular formula is C12H16N2O2S. The van der Waals surface area contributed by atoms with Crippen molar-refractivity contribution >= 4 is 20.9 Å². The number of nitrogens with zero attached hydrogens (tertiary/aromatic N) is 1. The highest BCUT2D eigenvalue weighted by molar-refractivity contribution is 7.90. The Hall–Kier alpha value is -1.36. The van der Waals surface area contributed by atoms with Crippen molar-refractivity contribution in [3.63, 3.8) is 0 Å². The monoisotopic (exact) mass is 252 g/mol. The molecule has 0 fully saturated rings. The molecule has 0 saturated carbocycles. The Morgan fingerprint density at radius 2 is 2.12 bits per heavy atom. The Morgan fingerprint density at radius 1 is 1.41 bits per heavy atom. The molecule has 0 radical (unpaired) electrons. The third-order valence-electron chi connectivity index (χ3n) is 3.00. The van der Waals surface area contributed by atoms with Gasteiger partial charge in [-0.1, -0.05) is 13.0 Å². The lowest BCUT2D eigenvalue weighted by molar-refractivity contribution is 0.590. The number of sulfone groups is 1. The first-order valence-corrected chi connectivity index (χ1v) is 7.54. The van der Waals surface area contributed by atoms with Crippen LogP contribution in [-0.2, 0) is 16.3 Å². The molecule has 92 valence electrons. The van der Waals surface area contributed by atoms with E-state index in [2.05, 4.69) is 16.9 Å². The van der Waals surface area contributed by atoms with Crippen LogP contribution in [0.4, 0.5) is 0 Å². The van der Waals surface area contributed by atoms with Gasteiger partial charge in [-0.2, -0.15) is 0 Å². The summed E-state index contributed by atoms with van der Waals surface area (Å²) in [4.78, 5) is 7.41. The van der Waals surface area contributed by atoms with E-state index in [0.29, 0.717) is 5.82 Å². The van der Waals surface area contributed by atoms with Gasteiger partial charge in [-0.05, 0) is 31.0 Å². The second-order valence-corrected chi connectivity index (χ2v) is 6.67. The molecule has 2 rings (SSSR count). The number of aromatic amines is 1. The molecular weight excluding hydrogens is 236 g/mol. The average Bonchev–Trinajstić information content (AvgIpc) is 2.68. The Kier molecular flexibility index (Phi) is 2.95. The van der Waals surface area contributed by atoms with Crippen LogP contribution in [-0.4, -0.2) is 24.6 Å². The van der Waals surface area contributed by atoms with Crippen LogP contribution in [0, 0.1) is 0 Å². The fourth-order valence-corrected chi connectivity index (χ4v) is 2.21. The van der Waals surface area contributed by atoms with Gasteiger partial charge in [0.05, 0.1) is 11.0 Å². The number of fused-ring (bicyclic) bond motifs is 1. The van der Waals surface area contributed by atoms with Crippen molar-refractivity contribution in [1.82, 2.24) is 9.97 Å². The van der Waals surface area contributed by atoms with Gasteiger partial charge in [-0.15, -0.1) is 0 Å². The smallest absolute Gasteiger partial charge is 0.157 e.